The zero-order chi connectivity index (χ0) is 16.9. The summed E-state index contributed by atoms with van der Waals surface area (Å²) in [5.41, 5.74) is 4.04. The number of rotatable bonds is 5. The van der Waals surface area contributed by atoms with Crippen molar-refractivity contribution in [3.05, 3.63) is 22.5 Å². The number of halogens is 3. The summed E-state index contributed by atoms with van der Waals surface area (Å²) >= 11 is 6.11. The summed E-state index contributed by atoms with van der Waals surface area (Å²) in [6.07, 6.45) is -2.48. The van der Waals surface area contributed by atoms with Gasteiger partial charge in [-0.25, -0.2) is 13.6 Å². The highest BCUT2D eigenvalue weighted by atomic mass is 35.5. The van der Waals surface area contributed by atoms with Crippen molar-refractivity contribution in [2.45, 2.75) is 17.2 Å². The molecule has 0 saturated heterocycles. The van der Waals surface area contributed by atoms with Crippen molar-refractivity contribution < 1.29 is 23.7 Å². The number of hydrogen-bond acceptors (Lipinski definition) is 6. The van der Waals surface area contributed by atoms with Crippen molar-refractivity contribution in [2.75, 3.05) is 26.1 Å². The number of aliphatic hydroxyl groups excluding tert-OH is 2. The number of aliphatic hydroxyl groups is 2. The molecule has 0 bridgehead atoms. The average molecular weight is 338 g/mol. The van der Waals surface area contributed by atoms with Gasteiger partial charge in [-0.2, -0.15) is 4.98 Å². The Morgan fingerprint density at radius 3 is 2.82 bits per heavy atom. The molecule has 0 aliphatic carbocycles. The first-order chi connectivity index (χ1) is 10.3. The molecule has 0 fully saturated rings. The van der Waals surface area contributed by atoms with Gasteiger partial charge in [-0.3, -0.25) is 4.57 Å². The third-order valence-corrected chi connectivity index (χ3v) is 3.32. The summed E-state index contributed by atoms with van der Waals surface area (Å²) in [4.78, 5) is 12.7. The van der Waals surface area contributed by atoms with Gasteiger partial charge in [0.05, 0.1) is 12.8 Å². The Balaban J connectivity index is 3.53. The molecule has 1 aromatic heterocycles. The van der Waals surface area contributed by atoms with Gasteiger partial charge in [-0.05, 0) is 0 Å². The van der Waals surface area contributed by atoms with Crippen LogP contribution in [0.1, 0.15) is 0 Å². The minimum atomic E-state index is -2.31. The van der Waals surface area contributed by atoms with Crippen molar-refractivity contribution in [2.24, 2.45) is 0 Å². The summed E-state index contributed by atoms with van der Waals surface area (Å²) in [5.74, 6) is 2.30. The highest BCUT2D eigenvalue weighted by Crippen LogP contribution is 2.28. The van der Waals surface area contributed by atoms with E-state index >= 15 is 0 Å². The van der Waals surface area contributed by atoms with Crippen molar-refractivity contribution in [1.82, 2.24) is 9.55 Å². The Morgan fingerprint density at radius 2 is 2.32 bits per heavy atom. The SMILES string of the molecule is COC(CO)C(O)C(Cl)(C#CCF)n1cc(F)c(N)nc1=O. The summed E-state index contributed by atoms with van der Waals surface area (Å²) in [7, 11) is 1.16. The number of nitrogens with zero attached hydrogens (tertiary/aromatic N) is 2. The Morgan fingerprint density at radius 1 is 1.68 bits per heavy atom. The van der Waals surface area contributed by atoms with Crippen LogP contribution in [0.3, 0.4) is 0 Å². The zero-order valence-corrected chi connectivity index (χ0v) is 12.2. The first kappa shape index (κ1) is 18.3. The van der Waals surface area contributed by atoms with Crippen LogP contribution in [0.2, 0.25) is 0 Å². The van der Waals surface area contributed by atoms with E-state index < -0.39 is 47.8 Å². The number of ether oxygens (including phenoxy) is 1. The molecule has 22 heavy (non-hydrogen) atoms. The van der Waals surface area contributed by atoms with Crippen LogP contribution in [0.25, 0.3) is 0 Å². The maximum atomic E-state index is 13.5. The van der Waals surface area contributed by atoms with Crippen LogP contribution in [-0.4, -0.2) is 52.4 Å². The smallest absolute Gasteiger partial charge is 0.352 e. The van der Waals surface area contributed by atoms with Gasteiger partial charge in [0.1, 0.15) is 18.9 Å². The van der Waals surface area contributed by atoms with Gasteiger partial charge < -0.3 is 20.7 Å². The first-order valence-electron chi connectivity index (χ1n) is 5.93. The molecule has 122 valence electrons. The lowest BCUT2D eigenvalue weighted by atomic mass is 10.0. The van der Waals surface area contributed by atoms with Crippen molar-refractivity contribution in [1.29, 1.82) is 0 Å². The zero-order valence-electron chi connectivity index (χ0n) is 11.5. The van der Waals surface area contributed by atoms with E-state index in [0.29, 0.717) is 10.8 Å². The maximum absolute atomic E-state index is 13.5. The second-order valence-electron chi connectivity index (χ2n) is 4.14. The molecule has 10 heteroatoms. The third-order valence-electron chi connectivity index (χ3n) is 2.82. The predicted molar refractivity (Wildman–Crippen MR) is 74.3 cm³/mol. The molecule has 0 aliphatic heterocycles. The quantitative estimate of drug-likeness (QED) is 0.479. The molecule has 0 aromatic carbocycles. The van der Waals surface area contributed by atoms with Gasteiger partial charge in [0.2, 0.25) is 5.00 Å². The number of methoxy groups -OCH3 is 1. The van der Waals surface area contributed by atoms with Gasteiger partial charge in [0.15, 0.2) is 11.6 Å². The number of nitrogens with two attached hydrogens (primary N) is 1. The van der Waals surface area contributed by atoms with Crippen molar-refractivity contribution >= 4 is 17.4 Å². The first-order valence-corrected chi connectivity index (χ1v) is 6.31. The Kier molecular flexibility index (Phi) is 6.25. The molecule has 0 saturated carbocycles. The molecule has 4 N–H and O–H groups in total. The monoisotopic (exact) mass is 337 g/mol. The van der Waals surface area contributed by atoms with Gasteiger partial charge in [0.25, 0.3) is 0 Å². The molecule has 1 rings (SSSR count). The number of anilines is 1. The lowest BCUT2D eigenvalue weighted by Crippen LogP contribution is -2.52. The largest absolute Gasteiger partial charge is 0.394 e. The minimum Gasteiger partial charge on any atom is -0.394 e. The van der Waals surface area contributed by atoms with E-state index in [1.807, 2.05) is 5.92 Å². The molecule has 7 nitrogen and oxygen atoms in total. The fourth-order valence-electron chi connectivity index (χ4n) is 1.66. The van der Waals surface area contributed by atoms with Crippen molar-refractivity contribution in [3.63, 3.8) is 0 Å². The fourth-order valence-corrected chi connectivity index (χ4v) is 1.99. The normalized spacial score (nSPS) is 16.3. The van der Waals surface area contributed by atoms with Gasteiger partial charge >= 0.3 is 5.69 Å². The number of nitrogen functional groups attached to an aromatic ring is 1. The van der Waals surface area contributed by atoms with Gasteiger partial charge in [0, 0.05) is 7.11 Å². The van der Waals surface area contributed by atoms with Crippen LogP contribution < -0.4 is 11.4 Å². The summed E-state index contributed by atoms with van der Waals surface area (Å²) in [6.45, 7) is -1.80. The lowest BCUT2D eigenvalue weighted by Gasteiger charge is -2.32. The van der Waals surface area contributed by atoms with Crippen LogP contribution in [0.15, 0.2) is 11.0 Å². The van der Waals surface area contributed by atoms with E-state index in [1.54, 1.807) is 0 Å². The lowest BCUT2D eigenvalue weighted by molar-refractivity contribution is -0.0622. The number of aromatic nitrogens is 2. The maximum Gasteiger partial charge on any atom is 0.352 e. The molecular weight excluding hydrogens is 324 g/mol. The number of hydrogen-bond donors (Lipinski definition) is 3. The van der Waals surface area contributed by atoms with Gasteiger partial charge in [-0.15, -0.1) is 0 Å². The van der Waals surface area contributed by atoms with Crippen LogP contribution in [-0.2, 0) is 9.73 Å². The molecule has 0 radical (unpaired) electrons. The second kappa shape index (κ2) is 7.51. The highest BCUT2D eigenvalue weighted by Gasteiger charge is 2.42. The number of alkyl halides is 2. The topological polar surface area (TPSA) is 111 Å². The highest BCUT2D eigenvalue weighted by molar-refractivity contribution is 6.24. The Hall–Kier alpha value is -1.73. The van der Waals surface area contributed by atoms with E-state index in [-0.39, 0.29) is 0 Å². The molecule has 3 atom stereocenters. The molecule has 3 unspecified atom stereocenters. The Bertz CT molecular complexity index is 641. The van der Waals surface area contributed by atoms with E-state index in [4.69, 9.17) is 27.2 Å². The molecule has 0 spiro atoms. The summed E-state index contributed by atoms with van der Waals surface area (Å²) in [5, 5.41) is 19.3. The van der Waals surface area contributed by atoms with Crippen LogP contribution in [0.5, 0.6) is 0 Å². The molecule has 0 amide bonds. The molecule has 1 aromatic rings. The van der Waals surface area contributed by atoms with E-state index in [9.17, 15) is 18.7 Å². The summed E-state index contributed by atoms with van der Waals surface area (Å²) in [6, 6.07) is 0. The summed E-state index contributed by atoms with van der Waals surface area (Å²) < 4.78 is 31.1. The van der Waals surface area contributed by atoms with Crippen LogP contribution in [0, 0.1) is 17.7 Å². The van der Waals surface area contributed by atoms with Crippen molar-refractivity contribution in [3.8, 4) is 11.8 Å². The minimum absolute atomic E-state index is 0.454. The van der Waals surface area contributed by atoms with Crippen LogP contribution in [0.4, 0.5) is 14.6 Å². The fraction of sp³-hybridized carbons (Fsp3) is 0.500. The molecule has 0 aliphatic rings. The third kappa shape index (κ3) is 3.53. The molecule has 1 heterocycles. The predicted octanol–water partition coefficient (Wildman–Crippen LogP) is -0.803. The van der Waals surface area contributed by atoms with Gasteiger partial charge in [-0.1, -0.05) is 23.4 Å². The van der Waals surface area contributed by atoms with E-state index in [2.05, 4.69) is 10.9 Å². The average Bonchev–Trinajstić information content (AvgIpc) is 2.49. The Labute approximate surface area is 129 Å². The van der Waals surface area contributed by atoms with E-state index in [1.165, 1.54) is 0 Å². The standard InChI is InChI=1S/C12H14ClF2N3O4/c1-22-8(6-19)9(20)12(13,3-2-4-14)18-5-7(15)10(16)17-11(18)21/h5,8-9,19-20H,4,6H2,1H3,(H2,16,17,21). The second-order valence-corrected chi connectivity index (χ2v) is 4.71. The molecular formula is C12H14ClF2N3O4. The van der Waals surface area contributed by atoms with Crippen LogP contribution >= 0.6 is 11.6 Å². The van der Waals surface area contributed by atoms with E-state index in [0.717, 1.165) is 7.11 Å².